The monoisotopic (exact) mass is 127 g/mol. The average Bonchev–Trinajstić information content (AvgIpc) is 1.79. The second-order valence-electron chi connectivity index (χ2n) is 2.43. The number of hydrogen-bond donors (Lipinski definition) is 1. The van der Waals surface area contributed by atoms with Crippen LogP contribution in [0.3, 0.4) is 0 Å². The van der Waals surface area contributed by atoms with E-state index in [9.17, 15) is 0 Å². The van der Waals surface area contributed by atoms with Gasteiger partial charge in [-0.05, 0) is 18.4 Å². The largest absolute Gasteiger partial charge is 0.396 e. The molecule has 1 saturated carbocycles. The van der Waals surface area contributed by atoms with E-state index in [1.54, 1.807) is 0 Å². The molecule has 0 radical (unpaired) electrons. The zero-order chi connectivity index (χ0) is 6.74. The summed E-state index contributed by atoms with van der Waals surface area (Å²) < 4.78 is 0. The Hall–Kier alpha value is -0.730. The molecule has 1 fully saturated rings. The molecule has 50 valence electrons. The first kappa shape index (κ1) is 6.39. The molecule has 1 N–H and O–H groups in total. The van der Waals surface area contributed by atoms with Gasteiger partial charge in [0.25, 0.3) is 0 Å². The summed E-state index contributed by atoms with van der Waals surface area (Å²) in [6.45, 7) is -0.00292. The van der Waals surface area contributed by atoms with Crippen LogP contribution in [0.25, 0.3) is 10.4 Å². The van der Waals surface area contributed by atoms with Crippen LogP contribution in [0.5, 0.6) is 0 Å². The summed E-state index contributed by atoms with van der Waals surface area (Å²) in [5.41, 5.74) is 7.62. The minimum atomic E-state index is -0.422. The molecule has 0 heterocycles. The number of aliphatic hydroxyl groups excluding tert-OH is 1. The lowest BCUT2D eigenvalue weighted by Gasteiger charge is -2.34. The van der Waals surface area contributed by atoms with Crippen LogP contribution < -0.4 is 0 Å². The Morgan fingerprint density at radius 3 is 2.44 bits per heavy atom. The molecule has 1 aliphatic carbocycles. The van der Waals surface area contributed by atoms with Gasteiger partial charge in [0.2, 0.25) is 0 Å². The van der Waals surface area contributed by atoms with Crippen molar-refractivity contribution in [2.24, 2.45) is 5.11 Å². The molecule has 0 atom stereocenters. The highest BCUT2D eigenvalue weighted by Gasteiger charge is 2.35. The van der Waals surface area contributed by atoms with Crippen LogP contribution in [-0.4, -0.2) is 17.3 Å². The van der Waals surface area contributed by atoms with Crippen molar-refractivity contribution < 1.29 is 5.11 Å². The highest BCUT2D eigenvalue weighted by molar-refractivity contribution is 4.95. The summed E-state index contributed by atoms with van der Waals surface area (Å²) >= 11 is 0. The minimum absolute atomic E-state index is 0.00292. The SMILES string of the molecule is [N-]=[N+]=NC1(CO)CCC1. The summed E-state index contributed by atoms with van der Waals surface area (Å²) in [6.07, 6.45) is 2.75. The molecule has 1 rings (SSSR count). The molecule has 0 aromatic carbocycles. The Labute approximate surface area is 53.1 Å². The molecule has 0 aromatic rings. The summed E-state index contributed by atoms with van der Waals surface area (Å²) in [4.78, 5) is 2.67. The van der Waals surface area contributed by atoms with Gasteiger partial charge in [-0.15, -0.1) is 0 Å². The Morgan fingerprint density at radius 2 is 2.33 bits per heavy atom. The first-order valence-corrected chi connectivity index (χ1v) is 3.00. The highest BCUT2D eigenvalue weighted by atomic mass is 16.3. The molecule has 1 aliphatic rings. The lowest BCUT2D eigenvalue weighted by atomic mass is 9.78. The predicted molar refractivity (Wildman–Crippen MR) is 32.8 cm³/mol. The molecule has 0 saturated heterocycles. The van der Waals surface area contributed by atoms with E-state index in [2.05, 4.69) is 10.0 Å². The predicted octanol–water partition coefficient (Wildman–Crippen LogP) is 1.21. The van der Waals surface area contributed by atoms with Gasteiger partial charge in [-0.3, -0.25) is 0 Å². The number of nitrogens with zero attached hydrogens (tertiary/aromatic N) is 3. The van der Waals surface area contributed by atoms with Gasteiger partial charge in [0.1, 0.15) is 0 Å². The molecule has 4 nitrogen and oxygen atoms in total. The molecule has 0 amide bonds. The second kappa shape index (κ2) is 2.25. The Morgan fingerprint density at radius 1 is 1.67 bits per heavy atom. The number of hydrogen-bond acceptors (Lipinski definition) is 2. The zero-order valence-electron chi connectivity index (χ0n) is 5.12. The van der Waals surface area contributed by atoms with E-state index in [0.29, 0.717) is 0 Å². The molecule has 9 heavy (non-hydrogen) atoms. The van der Waals surface area contributed by atoms with Gasteiger partial charge in [0.05, 0.1) is 12.1 Å². The fourth-order valence-electron chi connectivity index (χ4n) is 0.969. The standard InChI is InChI=1S/C5H9N3O/c6-8-7-5(4-9)2-1-3-5/h9H,1-4H2. The normalized spacial score (nSPS) is 21.9. The van der Waals surface area contributed by atoms with Crippen LogP contribution in [0.4, 0.5) is 0 Å². The van der Waals surface area contributed by atoms with E-state index >= 15 is 0 Å². The smallest absolute Gasteiger partial charge is 0.0718 e. The maximum absolute atomic E-state index is 8.70. The van der Waals surface area contributed by atoms with Gasteiger partial charge < -0.3 is 5.11 Å². The van der Waals surface area contributed by atoms with Crippen molar-refractivity contribution in [1.82, 2.24) is 0 Å². The van der Waals surface area contributed by atoms with Gasteiger partial charge in [0, 0.05) is 4.91 Å². The molecular weight excluding hydrogens is 118 g/mol. The van der Waals surface area contributed by atoms with Gasteiger partial charge in [0.15, 0.2) is 0 Å². The van der Waals surface area contributed by atoms with Gasteiger partial charge in [-0.25, -0.2) is 0 Å². The third-order valence-electron chi connectivity index (χ3n) is 1.84. The summed E-state index contributed by atoms with van der Waals surface area (Å²) in [5.74, 6) is 0. The zero-order valence-corrected chi connectivity index (χ0v) is 5.12. The fraction of sp³-hybridized carbons (Fsp3) is 1.00. The van der Waals surface area contributed by atoms with E-state index in [4.69, 9.17) is 10.6 Å². The summed E-state index contributed by atoms with van der Waals surface area (Å²) in [6, 6.07) is 0. The van der Waals surface area contributed by atoms with Crippen molar-refractivity contribution in [1.29, 1.82) is 0 Å². The van der Waals surface area contributed by atoms with Gasteiger partial charge >= 0.3 is 0 Å². The average molecular weight is 127 g/mol. The maximum Gasteiger partial charge on any atom is 0.0718 e. The Bertz CT molecular complexity index is 141. The van der Waals surface area contributed by atoms with E-state index in [-0.39, 0.29) is 6.61 Å². The van der Waals surface area contributed by atoms with Crippen molar-refractivity contribution in [3.63, 3.8) is 0 Å². The third-order valence-corrected chi connectivity index (χ3v) is 1.84. The van der Waals surface area contributed by atoms with Crippen LogP contribution in [0.1, 0.15) is 19.3 Å². The first-order chi connectivity index (χ1) is 4.33. The van der Waals surface area contributed by atoms with E-state index < -0.39 is 5.54 Å². The molecule has 0 bridgehead atoms. The van der Waals surface area contributed by atoms with Crippen molar-refractivity contribution in [3.05, 3.63) is 10.4 Å². The van der Waals surface area contributed by atoms with E-state index in [0.717, 1.165) is 19.3 Å². The van der Waals surface area contributed by atoms with Crippen molar-refractivity contribution >= 4 is 0 Å². The first-order valence-electron chi connectivity index (χ1n) is 3.00. The quantitative estimate of drug-likeness (QED) is 0.338. The fourth-order valence-corrected chi connectivity index (χ4v) is 0.969. The third kappa shape index (κ3) is 0.992. The Kier molecular flexibility index (Phi) is 1.60. The van der Waals surface area contributed by atoms with Crippen LogP contribution in [0.15, 0.2) is 5.11 Å². The van der Waals surface area contributed by atoms with Crippen molar-refractivity contribution in [2.75, 3.05) is 6.61 Å². The lowest BCUT2D eigenvalue weighted by molar-refractivity contribution is 0.126. The van der Waals surface area contributed by atoms with Gasteiger partial charge in [-0.1, -0.05) is 11.5 Å². The number of azide groups is 1. The number of aliphatic hydroxyl groups is 1. The lowest BCUT2D eigenvalue weighted by Crippen LogP contribution is -2.38. The van der Waals surface area contributed by atoms with E-state index in [1.807, 2.05) is 0 Å². The van der Waals surface area contributed by atoms with Gasteiger partial charge in [-0.2, -0.15) is 0 Å². The van der Waals surface area contributed by atoms with Crippen molar-refractivity contribution in [2.45, 2.75) is 24.8 Å². The second-order valence-corrected chi connectivity index (χ2v) is 2.43. The Balaban J connectivity index is 2.56. The molecule has 0 aliphatic heterocycles. The minimum Gasteiger partial charge on any atom is -0.396 e. The molecule has 0 spiro atoms. The number of rotatable bonds is 2. The van der Waals surface area contributed by atoms with Crippen LogP contribution in [0, 0.1) is 0 Å². The molecule has 0 aromatic heterocycles. The molecule has 4 heteroatoms. The maximum atomic E-state index is 8.70. The molecular formula is C5H9N3O. The highest BCUT2D eigenvalue weighted by Crippen LogP contribution is 2.35. The molecule has 0 unspecified atom stereocenters. The van der Waals surface area contributed by atoms with Crippen LogP contribution >= 0.6 is 0 Å². The topological polar surface area (TPSA) is 69.0 Å². The van der Waals surface area contributed by atoms with Crippen LogP contribution in [0.2, 0.25) is 0 Å². The summed E-state index contributed by atoms with van der Waals surface area (Å²) in [5, 5.41) is 12.2. The summed E-state index contributed by atoms with van der Waals surface area (Å²) in [7, 11) is 0. The van der Waals surface area contributed by atoms with Crippen molar-refractivity contribution in [3.8, 4) is 0 Å². The van der Waals surface area contributed by atoms with E-state index in [1.165, 1.54) is 0 Å². The van der Waals surface area contributed by atoms with Crippen LogP contribution in [-0.2, 0) is 0 Å².